The van der Waals surface area contributed by atoms with Gasteiger partial charge in [-0.1, -0.05) is 32.1 Å². The van der Waals surface area contributed by atoms with E-state index in [1.807, 2.05) is 11.8 Å². The van der Waals surface area contributed by atoms with E-state index in [0.29, 0.717) is 5.92 Å². The normalized spacial score (nSPS) is 31.5. The maximum Gasteiger partial charge on any atom is 0.249 e. The smallest absolute Gasteiger partial charge is 0.249 e. The SMILES string of the molecule is CC1C(=O)NC2(CCCCC2)C(=O)N1C(C)C1CCCC1. The van der Waals surface area contributed by atoms with Crippen LogP contribution < -0.4 is 5.32 Å². The van der Waals surface area contributed by atoms with Crippen LogP contribution in [0.25, 0.3) is 0 Å². The first-order valence-electron chi connectivity index (χ1n) is 8.70. The van der Waals surface area contributed by atoms with Crippen molar-refractivity contribution >= 4 is 11.8 Å². The van der Waals surface area contributed by atoms with Gasteiger partial charge in [-0.25, -0.2) is 0 Å². The molecule has 1 spiro atoms. The molecule has 4 heteroatoms. The Morgan fingerprint density at radius 1 is 1.10 bits per heavy atom. The number of rotatable bonds is 2. The molecule has 0 aromatic heterocycles. The van der Waals surface area contributed by atoms with Crippen LogP contribution in [-0.2, 0) is 9.59 Å². The molecule has 3 fully saturated rings. The third kappa shape index (κ3) is 2.47. The minimum Gasteiger partial charge on any atom is -0.340 e. The molecule has 2 aliphatic carbocycles. The molecule has 3 rings (SSSR count). The van der Waals surface area contributed by atoms with Crippen molar-refractivity contribution in [3.8, 4) is 0 Å². The Morgan fingerprint density at radius 2 is 1.71 bits per heavy atom. The van der Waals surface area contributed by atoms with E-state index >= 15 is 0 Å². The molecule has 1 saturated heterocycles. The van der Waals surface area contributed by atoms with Crippen LogP contribution in [-0.4, -0.2) is 34.3 Å². The molecule has 0 radical (unpaired) electrons. The van der Waals surface area contributed by atoms with Gasteiger partial charge in [-0.3, -0.25) is 9.59 Å². The Bertz CT molecular complexity index is 423. The lowest BCUT2D eigenvalue weighted by molar-refractivity contribution is -0.159. The topological polar surface area (TPSA) is 49.4 Å². The average Bonchev–Trinajstić information content (AvgIpc) is 3.01. The van der Waals surface area contributed by atoms with Crippen molar-refractivity contribution in [1.82, 2.24) is 10.2 Å². The van der Waals surface area contributed by atoms with Gasteiger partial charge in [-0.15, -0.1) is 0 Å². The number of carbonyl (C=O) groups excluding carboxylic acids is 2. The molecule has 2 saturated carbocycles. The Labute approximate surface area is 127 Å². The molecule has 2 amide bonds. The Hall–Kier alpha value is -1.06. The highest BCUT2D eigenvalue weighted by Crippen LogP contribution is 2.37. The van der Waals surface area contributed by atoms with Gasteiger partial charge in [0, 0.05) is 6.04 Å². The quantitative estimate of drug-likeness (QED) is 0.850. The fourth-order valence-electron chi connectivity index (χ4n) is 4.64. The zero-order valence-electron chi connectivity index (χ0n) is 13.4. The van der Waals surface area contributed by atoms with Crippen molar-refractivity contribution in [3.05, 3.63) is 0 Å². The number of hydrogen-bond donors (Lipinski definition) is 1. The molecule has 0 bridgehead atoms. The lowest BCUT2D eigenvalue weighted by Gasteiger charge is -2.50. The van der Waals surface area contributed by atoms with E-state index in [4.69, 9.17) is 0 Å². The maximum absolute atomic E-state index is 13.2. The van der Waals surface area contributed by atoms with E-state index in [-0.39, 0.29) is 23.9 Å². The fourth-order valence-corrected chi connectivity index (χ4v) is 4.64. The van der Waals surface area contributed by atoms with Gasteiger partial charge in [0.05, 0.1) is 0 Å². The lowest BCUT2D eigenvalue weighted by atomic mass is 9.77. The van der Waals surface area contributed by atoms with Gasteiger partial charge in [0.1, 0.15) is 11.6 Å². The molecule has 1 heterocycles. The van der Waals surface area contributed by atoms with Crippen LogP contribution >= 0.6 is 0 Å². The van der Waals surface area contributed by atoms with Crippen LogP contribution in [0.15, 0.2) is 0 Å². The van der Waals surface area contributed by atoms with Gasteiger partial charge in [0.2, 0.25) is 11.8 Å². The van der Waals surface area contributed by atoms with Gasteiger partial charge < -0.3 is 10.2 Å². The molecule has 2 unspecified atom stereocenters. The summed E-state index contributed by atoms with van der Waals surface area (Å²) >= 11 is 0. The van der Waals surface area contributed by atoms with E-state index in [1.54, 1.807) is 0 Å². The minimum absolute atomic E-state index is 0.0429. The Kier molecular flexibility index (Phi) is 3.98. The second kappa shape index (κ2) is 5.62. The Morgan fingerprint density at radius 3 is 2.33 bits per heavy atom. The van der Waals surface area contributed by atoms with Gasteiger partial charge in [-0.05, 0) is 45.4 Å². The van der Waals surface area contributed by atoms with E-state index < -0.39 is 5.54 Å². The number of piperazine rings is 1. The second-order valence-corrected chi connectivity index (χ2v) is 7.31. The largest absolute Gasteiger partial charge is 0.340 e. The van der Waals surface area contributed by atoms with Crippen molar-refractivity contribution < 1.29 is 9.59 Å². The van der Waals surface area contributed by atoms with Crippen LogP contribution in [0.3, 0.4) is 0 Å². The predicted octanol–water partition coefficient (Wildman–Crippen LogP) is 2.61. The molecule has 3 aliphatic rings. The molecule has 1 N–H and O–H groups in total. The second-order valence-electron chi connectivity index (χ2n) is 7.31. The number of nitrogens with one attached hydrogen (secondary N) is 1. The fraction of sp³-hybridized carbons (Fsp3) is 0.882. The van der Waals surface area contributed by atoms with Gasteiger partial charge in [0.25, 0.3) is 0 Å². The molecule has 21 heavy (non-hydrogen) atoms. The third-order valence-electron chi connectivity index (χ3n) is 6.03. The summed E-state index contributed by atoms with van der Waals surface area (Å²) in [6.45, 7) is 4.04. The highest BCUT2D eigenvalue weighted by molar-refractivity contribution is 5.99. The molecule has 2 atom stereocenters. The third-order valence-corrected chi connectivity index (χ3v) is 6.03. The monoisotopic (exact) mass is 292 g/mol. The van der Waals surface area contributed by atoms with Gasteiger partial charge in [0.15, 0.2) is 0 Å². The molecular formula is C17H28N2O2. The Balaban J connectivity index is 1.85. The molecular weight excluding hydrogens is 264 g/mol. The zero-order valence-corrected chi connectivity index (χ0v) is 13.4. The van der Waals surface area contributed by atoms with Crippen LogP contribution in [0, 0.1) is 5.92 Å². The van der Waals surface area contributed by atoms with Gasteiger partial charge >= 0.3 is 0 Å². The van der Waals surface area contributed by atoms with Crippen LogP contribution in [0.1, 0.15) is 71.6 Å². The maximum atomic E-state index is 13.2. The summed E-state index contributed by atoms with van der Waals surface area (Å²) in [4.78, 5) is 27.5. The summed E-state index contributed by atoms with van der Waals surface area (Å²) in [6.07, 6.45) is 9.84. The average molecular weight is 292 g/mol. The molecule has 0 aromatic rings. The molecule has 118 valence electrons. The molecule has 0 aromatic carbocycles. The number of nitrogens with zero attached hydrogens (tertiary/aromatic N) is 1. The zero-order chi connectivity index (χ0) is 15.0. The number of amides is 2. The van der Waals surface area contributed by atoms with Crippen molar-refractivity contribution in [1.29, 1.82) is 0 Å². The van der Waals surface area contributed by atoms with Crippen molar-refractivity contribution in [2.45, 2.75) is 89.3 Å². The first-order chi connectivity index (χ1) is 10.1. The predicted molar refractivity (Wildman–Crippen MR) is 81.7 cm³/mol. The summed E-state index contributed by atoms with van der Waals surface area (Å²) in [6, 6.07) is -0.125. The van der Waals surface area contributed by atoms with Crippen molar-refractivity contribution in [3.63, 3.8) is 0 Å². The van der Waals surface area contributed by atoms with E-state index in [1.165, 1.54) is 32.1 Å². The van der Waals surface area contributed by atoms with Crippen molar-refractivity contribution in [2.75, 3.05) is 0 Å². The standard InChI is InChI=1S/C17H28N2O2/c1-12(14-8-4-5-9-14)19-13(2)15(20)18-17(16(19)21)10-6-3-7-11-17/h12-14H,3-11H2,1-2H3,(H,18,20). The summed E-state index contributed by atoms with van der Waals surface area (Å²) in [5.41, 5.74) is -0.589. The van der Waals surface area contributed by atoms with Gasteiger partial charge in [-0.2, -0.15) is 0 Å². The molecule has 1 aliphatic heterocycles. The van der Waals surface area contributed by atoms with Crippen molar-refractivity contribution in [2.24, 2.45) is 5.92 Å². The number of hydrogen-bond acceptors (Lipinski definition) is 2. The van der Waals surface area contributed by atoms with Crippen LogP contribution in [0.2, 0.25) is 0 Å². The first-order valence-corrected chi connectivity index (χ1v) is 8.70. The highest BCUT2D eigenvalue weighted by atomic mass is 16.2. The first kappa shape index (κ1) is 14.9. The number of carbonyl (C=O) groups is 2. The molecule has 4 nitrogen and oxygen atoms in total. The summed E-state index contributed by atoms with van der Waals surface area (Å²) in [5, 5.41) is 3.08. The lowest BCUT2D eigenvalue weighted by Crippen LogP contribution is -2.72. The highest BCUT2D eigenvalue weighted by Gasteiger charge is 2.51. The van der Waals surface area contributed by atoms with E-state index in [2.05, 4.69) is 12.2 Å². The van der Waals surface area contributed by atoms with Crippen LogP contribution in [0.5, 0.6) is 0 Å². The minimum atomic E-state index is -0.589. The van der Waals surface area contributed by atoms with E-state index in [9.17, 15) is 9.59 Å². The summed E-state index contributed by atoms with van der Waals surface area (Å²) < 4.78 is 0. The summed E-state index contributed by atoms with van der Waals surface area (Å²) in [5.74, 6) is 0.804. The summed E-state index contributed by atoms with van der Waals surface area (Å²) in [7, 11) is 0. The van der Waals surface area contributed by atoms with Crippen LogP contribution in [0.4, 0.5) is 0 Å². The van der Waals surface area contributed by atoms with E-state index in [0.717, 1.165) is 25.7 Å².